The summed E-state index contributed by atoms with van der Waals surface area (Å²) in [7, 11) is 0. The average molecular weight is 446 g/mol. The molecule has 0 aromatic heterocycles. The van der Waals surface area contributed by atoms with Crippen LogP contribution in [0.4, 0.5) is 0 Å². The number of carbonyl (C=O) groups excluding carboxylic acids is 1. The number of hydrogen-bond donors (Lipinski definition) is 0. The molecule has 3 heteroatoms. The molecule has 0 spiro atoms. The van der Waals surface area contributed by atoms with Crippen molar-refractivity contribution in [3.63, 3.8) is 0 Å². The number of ether oxygens (including phenoxy) is 1. The molecule has 0 aliphatic heterocycles. The molecule has 1 fully saturated rings. The van der Waals surface area contributed by atoms with E-state index in [9.17, 15) is 10.1 Å². The molecule has 3 rings (SSSR count). The first-order valence-electron chi connectivity index (χ1n) is 12.9. The van der Waals surface area contributed by atoms with Gasteiger partial charge in [-0.05, 0) is 91.7 Å². The highest BCUT2D eigenvalue weighted by atomic mass is 16.5. The van der Waals surface area contributed by atoms with Crippen LogP contribution in [0.2, 0.25) is 0 Å². The van der Waals surface area contributed by atoms with Crippen LogP contribution in [-0.2, 0) is 6.42 Å². The number of benzene rings is 2. The zero-order valence-electron chi connectivity index (χ0n) is 20.6. The van der Waals surface area contributed by atoms with Gasteiger partial charge in [-0.2, -0.15) is 5.26 Å². The van der Waals surface area contributed by atoms with E-state index >= 15 is 0 Å². The standard InChI is InChI=1S/C30H39NO2/c1-4-6-8-22(3)24-11-13-25(14-12-24)26-15-17-27(18-16-26)30(32)33-29-19-10-23(9-7-5-2)20-28(29)21-31/h10,15-20,22,24-25H,4-9,11-14H2,1-3H3. The van der Waals surface area contributed by atoms with Crippen molar-refractivity contribution in [3.8, 4) is 11.8 Å². The Labute approximate surface area is 200 Å². The van der Waals surface area contributed by atoms with E-state index in [0.717, 1.165) is 36.7 Å². The Bertz CT molecular complexity index is 933. The molecule has 0 saturated heterocycles. The van der Waals surface area contributed by atoms with Gasteiger partial charge in [0.1, 0.15) is 11.8 Å². The minimum atomic E-state index is -0.409. The summed E-state index contributed by atoms with van der Waals surface area (Å²) in [5, 5.41) is 9.49. The highest BCUT2D eigenvalue weighted by Crippen LogP contribution is 2.40. The summed E-state index contributed by atoms with van der Waals surface area (Å²) in [6, 6.07) is 15.6. The molecule has 1 aliphatic carbocycles. The smallest absolute Gasteiger partial charge is 0.343 e. The third-order valence-corrected chi connectivity index (χ3v) is 7.39. The molecule has 1 atom stereocenters. The maximum atomic E-state index is 12.7. The normalized spacial score (nSPS) is 19.0. The monoisotopic (exact) mass is 445 g/mol. The van der Waals surface area contributed by atoms with Crippen molar-refractivity contribution in [2.45, 2.75) is 90.9 Å². The Balaban J connectivity index is 1.57. The van der Waals surface area contributed by atoms with Gasteiger partial charge in [-0.3, -0.25) is 0 Å². The second-order valence-electron chi connectivity index (χ2n) is 9.79. The van der Waals surface area contributed by atoms with Crippen LogP contribution in [0.3, 0.4) is 0 Å². The first kappa shape index (κ1) is 25.0. The van der Waals surface area contributed by atoms with Gasteiger partial charge in [0.25, 0.3) is 0 Å². The molecule has 3 nitrogen and oxygen atoms in total. The summed E-state index contributed by atoms with van der Waals surface area (Å²) < 4.78 is 5.58. The minimum absolute atomic E-state index is 0.336. The Hall–Kier alpha value is -2.60. The zero-order valence-corrected chi connectivity index (χ0v) is 20.6. The molecule has 0 heterocycles. The number of nitrogens with zero attached hydrogens (tertiary/aromatic N) is 1. The number of hydrogen-bond acceptors (Lipinski definition) is 3. The fourth-order valence-electron chi connectivity index (χ4n) is 5.12. The quantitative estimate of drug-likeness (QED) is 0.273. The predicted molar refractivity (Wildman–Crippen MR) is 135 cm³/mol. The van der Waals surface area contributed by atoms with E-state index in [1.165, 1.54) is 50.5 Å². The number of aryl methyl sites for hydroxylation is 1. The lowest BCUT2D eigenvalue weighted by Crippen LogP contribution is -2.19. The van der Waals surface area contributed by atoms with Gasteiger partial charge in [-0.15, -0.1) is 0 Å². The molecule has 33 heavy (non-hydrogen) atoms. The van der Waals surface area contributed by atoms with Crippen LogP contribution in [0.25, 0.3) is 0 Å². The van der Waals surface area contributed by atoms with Crippen LogP contribution in [-0.4, -0.2) is 5.97 Å². The first-order chi connectivity index (χ1) is 16.0. The highest BCUT2D eigenvalue weighted by Gasteiger charge is 2.26. The molecular formula is C30H39NO2. The Morgan fingerprint density at radius 3 is 2.36 bits per heavy atom. The predicted octanol–water partition coefficient (Wildman–Crippen LogP) is 8.22. The van der Waals surface area contributed by atoms with Crippen molar-refractivity contribution in [1.29, 1.82) is 5.26 Å². The fourth-order valence-corrected chi connectivity index (χ4v) is 5.12. The van der Waals surface area contributed by atoms with E-state index in [4.69, 9.17) is 4.74 Å². The van der Waals surface area contributed by atoms with Crippen molar-refractivity contribution in [3.05, 3.63) is 64.7 Å². The fraction of sp³-hybridized carbons (Fsp3) is 0.533. The third kappa shape index (κ3) is 6.94. The van der Waals surface area contributed by atoms with Gasteiger partial charge in [0.05, 0.1) is 11.1 Å². The maximum Gasteiger partial charge on any atom is 0.343 e. The van der Waals surface area contributed by atoms with Gasteiger partial charge in [-0.1, -0.05) is 64.7 Å². The Morgan fingerprint density at radius 1 is 1.03 bits per heavy atom. The number of esters is 1. The van der Waals surface area contributed by atoms with Crippen molar-refractivity contribution >= 4 is 5.97 Å². The number of unbranched alkanes of at least 4 members (excludes halogenated alkanes) is 2. The minimum Gasteiger partial charge on any atom is -0.422 e. The van der Waals surface area contributed by atoms with Gasteiger partial charge in [0.15, 0.2) is 0 Å². The third-order valence-electron chi connectivity index (χ3n) is 7.39. The van der Waals surface area contributed by atoms with Crippen LogP contribution in [0, 0.1) is 23.2 Å². The Morgan fingerprint density at radius 2 is 1.73 bits per heavy atom. The largest absolute Gasteiger partial charge is 0.422 e. The molecule has 2 aromatic rings. The van der Waals surface area contributed by atoms with Gasteiger partial charge >= 0.3 is 5.97 Å². The van der Waals surface area contributed by atoms with E-state index in [-0.39, 0.29) is 0 Å². The summed E-state index contributed by atoms with van der Waals surface area (Å²) in [5.74, 6) is 2.22. The van der Waals surface area contributed by atoms with Crippen LogP contribution >= 0.6 is 0 Å². The number of rotatable bonds is 10. The maximum absolute atomic E-state index is 12.7. The first-order valence-corrected chi connectivity index (χ1v) is 12.9. The second-order valence-corrected chi connectivity index (χ2v) is 9.79. The van der Waals surface area contributed by atoms with Crippen LogP contribution in [0.15, 0.2) is 42.5 Å². The van der Waals surface area contributed by atoms with E-state index in [1.54, 1.807) is 6.07 Å². The van der Waals surface area contributed by atoms with Gasteiger partial charge < -0.3 is 4.74 Å². The summed E-state index contributed by atoms with van der Waals surface area (Å²) in [5.41, 5.74) is 3.37. The van der Waals surface area contributed by atoms with E-state index < -0.39 is 5.97 Å². The SMILES string of the molecule is CCCCc1ccc(OC(=O)c2ccc(C3CCC(C(C)CCCC)CC3)cc2)c(C#N)c1. The molecule has 1 saturated carbocycles. The number of nitriles is 1. The molecule has 1 unspecified atom stereocenters. The molecule has 0 N–H and O–H groups in total. The van der Waals surface area contributed by atoms with Crippen LogP contribution in [0.1, 0.15) is 112 Å². The van der Waals surface area contributed by atoms with Crippen molar-refractivity contribution in [1.82, 2.24) is 0 Å². The lowest BCUT2D eigenvalue weighted by Gasteiger charge is -2.32. The summed E-state index contributed by atoms with van der Waals surface area (Å²) in [6.45, 7) is 6.85. The number of carbonyl (C=O) groups is 1. The zero-order chi connectivity index (χ0) is 23.6. The summed E-state index contributed by atoms with van der Waals surface area (Å²) in [4.78, 5) is 12.7. The van der Waals surface area contributed by atoms with E-state index in [2.05, 4.69) is 39.0 Å². The van der Waals surface area contributed by atoms with Crippen molar-refractivity contribution in [2.75, 3.05) is 0 Å². The molecule has 1 aliphatic rings. The molecule has 0 radical (unpaired) electrons. The molecule has 176 valence electrons. The Kier molecular flexibility index (Phi) is 9.55. The average Bonchev–Trinajstić information content (AvgIpc) is 2.86. The van der Waals surface area contributed by atoms with Crippen LogP contribution in [0.5, 0.6) is 5.75 Å². The van der Waals surface area contributed by atoms with Gasteiger partial charge in [0, 0.05) is 0 Å². The lowest BCUT2D eigenvalue weighted by atomic mass is 9.73. The van der Waals surface area contributed by atoms with Crippen molar-refractivity contribution < 1.29 is 9.53 Å². The van der Waals surface area contributed by atoms with Gasteiger partial charge in [0.2, 0.25) is 0 Å². The van der Waals surface area contributed by atoms with E-state index in [1.807, 2.05) is 24.3 Å². The molecule has 2 aromatic carbocycles. The highest BCUT2D eigenvalue weighted by molar-refractivity contribution is 5.91. The van der Waals surface area contributed by atoms with Crippen molar-refractivity contribution in [2.24, 2.45) is 11.8 Å². The van der Waals surface area contributed by atoms with E-state index in [0.29, 0.717) is 22.8 Å². The molecule has 0 amide bonds. The summed E-state index contributed by atoms with van der Waals surface area (Å²) in [6.07, 6.45) is 12.2. The topological polar surface area (TPSA) is 50.1 Å². The second kappa shape index (κ2) is 12.6. The molecular weight excluding hydrogens is 406 g/mol. The van der Waals surface area contributed by atoms with Gasteiger partial charge in [-0.25, -0.2) is 4.79 Å². The van der Waals surface area contributed by atoms with Crippen LogP contribution < -0.4 is 4.74 Å². The molecule has 0 bridgehead atoms. The summed E-state index contributed by atoms with van der Waals surface area (Å²) >= 11 is 0. The lowest BCUT2D eigenvalue weighted by molar-refractivity contribution is 0.0734.